The number of ether oxygens (including phenoxy) is 2. The zero-order valence-electron chi connectivity index (χ0n) is 15.3. The summed E-state index contributed by atoms with van der Waals surface area (Å²) in [5.74, 6) is 1.61. The molecule has 0 radical (unpaired) electrons. The van der Waals surface area contributed by atoms with Crippen molar-refractivity contribution in [1.29, 1.82) is 0 Å². The van der Waals surface area contributed by atoms with E-state index in [1.165, 1.54) is 0 Å². The lowest BCUT2D eigenvalue weighted by atomic mass is 9.93. The molecule has 2 aliphatic heterocycles. The van der Waals surface area contributed by atoms with Crippen LogP contribution in [0.2, 0.25) is 0 Å². The molecule has 0 saturated carbocycles. The number of pyridine rings is 1. The van der Waals surface area contributed by atoms with Crippen molar-refractivity contribution < 1.29 is 14.3 Å². The van der Waals surface area contributed by atoms with Crippen molar-refractivity contribution in [3.63, 3.8) is 0 Å². The molecule has 1 aromatic heterocycles. The average Bonchev–Trinajstić information content (AvgIpc) is 2.73. The van der Waals surface area contributed by atoms with Gasteiger partial charge in [0, 0.05) is 32.0 Å². The number of fused-ring (bicyclic) bond motifs is 1. The summed E-state index contributed by atoms with van der Waals surface area (Å²) < 4.78 is 11.2. The van der Waals surface area contributed by atoms with E-state index in [9.17, 15) is 4.79 Å². The Morgan fingerprint density at radius 3 is 3.04 bits per heavy atom. The highest BCUT2D eigenvalue weighted by atomic mass is 35.5. The Labute approximate surface area is 165 Å². The van der Waals surface area contributed by atoms with Crippen molar-refractivity contribution >= 4 is 18.3 Å². The number of benzene rings is 1. The molecular weight excluding hydrogens is 366 g/mol. The lowest BCUT2D eigenvalue weighted by Gasteiger charge is -2.39. The standard InChI is InChI=1S/C20H23N3O3.ClH/c1-25-17-4-5-19-15(10-17)9-16(13-26-19)20(24)23-8-7-22-12-18(23)14-3-2-6-21-11-14;/h2-6,10-11,16,18,22H,7-9,12-13H2,1H3;1H. The Balaban J connectivity index is 0.00000210. The molecule has 0 bridgehead atoms. The molecule has 2 aliphatic rings. The van der Waals surface area contributed by atoms with Crippen LogP contribution in [0.25, 0.3) is 0 Å². The fourth-order valence-electron chi connectivity index (χ4n) is 3.73. The number of aromatic nitrogens is 1. The maximum absolute atomic E-state index is 13.3. The summed E-state index contributed by atoms with van der Waals surface area (Å²) in [6, 6.07) is 9.72. The average molecular weight is 390 g/mol. The maximum atomic E-state index is 13.3. The van der Waals surface area contributed by atoms with Gasteiger partial charge in [-0.1, -0.05) is 6.07 Å². The number of carbonyl (C=O) groups excluding carboxylic acids is 1. The molecule has 1 saturated heterocycles. The van der Waals surface area contributed by atoms with Crippen LogP contribution >= 0.6 is 12.4 Å². The number of nitrogens with zero attached hydrogens (tertiary/aromatic N) is 2. The smallest absolute Gasteiger partial charge is 0.230 e. The molecule has 3 heterocycles. The fourth-order valence-corrected chi connectivity index (χ4v) is 3.73. The summed E-state index contributed by atoms with van der Waals surface area (Å²) in [5.41, 5.74) is 2.09. The number of halogens is 1. The van der Waals surface area contributed by atoms with Gasteiger partial charge < -0.3 is 19.7 Å². The minimum atomic E-state index is -0.174. The Bertz CT molecular complexity index is 787. The van der Waals surface area contributed by atoms with Gasteiger partial charge in [0.15, 0.2) is 0 Å². The van der Waals surface area contributed by atoms with Gasteiger partial charge in [-0.3, -0.25) is 9.78 Å². The van der Waals surface area contributed by atoms with E-state index in [-0.39, 0.29) is 30.3 Å². The van der Waals surface area contributed by atoms with Crippen molar-refractivity contribution in [3.05, 3.63) is 53.9 Å². The number of piperazine rings is 1. The first-order valence-electron chi connectivity index (χ1n) is 8.97. The van der Waals surface area contributed by atoms with Gasteiger partial charge in [-0.05, 0) is 41.8 Å². The summed E-state index contributed by atoms with van der Waals surface area (Å²) in [5, 5.41) is 3.38. The molecule has 0 aliphatic carbocycles. The summed E-state index contributed by atoms with van der Waals surface area (Å²) in [6.45, 7) is 2.66. The number of carbonyl (C=O) groups is 1. The maximum Gasteiger partial charge on any atom is 0.230 e. The van der Waals surface area contributed by atoms with Crippen LogP contribution < -0.4 is 14.8 Å². The third-order valence-electron chi connectivity index (χ3n) is 5.12. The van der Waals surface area contributed by atoms with Crippen LogP contribution in [0.5, 0.6) is 11.5 Å². The quantitative estimate of drug-likeness (QED) is 0.872. The third-order valence-corrected chi connectivity index (χ3v) is 5.12. The van der Waals surface area contributed by atoms with E-state index in [1.54, 1.807) is 13.3 Å². The fraction of sp³-hybridized carbons (Fsp3) is 0.400. The number of nitrogens with one attached hydrogen (secondary N) is 1. The van der Waals surface area contributed by atoms with Crippen LogP contribution in [-0.4, -0.2) is 49.1 Å². The third kappa shape index (κ3) is 4.01. The minimum Gasteiger partial charge on any atom is -0.497 e. The van der Waals surface area contributed by atoms with Crippen LogP contribution in [0.15, 0.2) is 42.7 Å². The number of hydrogen-bond donors (Lipinski definition) is 1. The second-order valence-electron chi connectivity index (χ2n) is 6.72. The molecule has 1 aromatic carbocycles. The van der Waals surface area contributed by atoms with Gasteiger partial charge in [0.1, 0.15) is 18.1 Å². The zero-order chi connectivity index (χ0) is 17.9. The van der Waals surface area contributed by atoms with E-state index in [1.807, 2.05) is 41.4 Å². The van der Waals surface area contributed by atoms with Crippen LogP contribution in [-0.2, 0) is 11.2 Å². The normalized spacial score (nSPS) is 21.4. The van der Waals surface area contributed by atoms with E-state index in [0.29, 0.717) is 19.6 Å². The molecular formula is C20H24ClN3O3. The number of amides is 1. The van der Waals surface area contributed by atoms with Gasteiger partial charge in [-0.2, -0.15) is 0 Å². The first-order valence-corrected chi connectivity index (χ1v) is 8.97. The van der Waals surface area contributed by atoms with E-state index < -0.39 is 0 Å². The number of rotatable bonds is 3. The topological polar surface area (TPSA) is 63.7 Å². The van der Waals surface area contributed by atoms with Crippen LogP contribution in [0.1, 0.15) is 17.2 Å². The molecule has 2 aromatic rings. The summed E-state index contributed by atoms with van der Waals surface area (Å²) in [7, 11) is 1.65. The zero-order valence-corrected chi connectivity index (χ0v) is 16.1. The van der Waals surface area contributed by atoms with Crippen molar-refractivity contribution in [1.82, 2.24) is 15.2 Å². The molecule has 0 spiro atoms. The summed E-state index contributed by atoms with van der Waals surface area (Å²) in [6.07, 6.45) is 4.27. The van der Waals surface area contributed by atoms with Crippen molar-refractivity contribution in [2.24, 2.45) is 5.92 Å². The van der Waals surface area contributed by atoms with Crippen molar-refractivity contribution in [2.75, 3.05) is 33.4 Å². The van der Waals surface area contributed by atoms with E-state index in [0.717, 1.165) is 35.7 Å². The van der Waals surface area contributed by atoms with Gasteiger partial charge in [-0.25, -0.2) is 0 Å². The van der Waals surface area contributed by atoms with Crippen molar-refractivity contribution in [2.45, 2.75) is 12.5 Å². The first-order chi connectivity index (χ1) is 12.8. The monoisotopic (exact) mass is 389 g/mol. The van der Waals surface area contributed by atoms with E-state index in [2.05, 4.69) is 10.3 Å². The van der Waals surface area contributed by atoms with Gasteiger partial charge in [0.25, 0.3) is 0 Å². The largest absolute Gasteiger partial charge is 0.497 e. The molecule has 2 atom stereocenters. The molecule has 1 N–H and O–H groups in total. The molecule has 27 heavy (non-hydrogen) atoms. The van der Waals surface area contributed by atoms with Gasteiger partial charge in [0.2, 0.25) is 5.91 Å². The highest BCUT2D eigenvalue weighted by Crippen LogP contribution is 2.33. The summed E-state index contributed by atoms with van der Waals surface area (Å²) in [4.78, 5) is 19.5. The molecule has 1 amide bonds. The Kier molecular flexibility index (Phi) is 6.19. The summed E-state index contributed by atoms with van der Waals surface area (Å²) >= 11 is 0. The van der Waals surface area contributed by atoms with E-state index in [4.69, 9.17) is 9.47 Å². The van der Waals surface area contributed by atoms with Crippen LogP contribution in [0.3, 0.4) is 0 Å². The van der Waals surface area contributed by atoms with Crippen molar-refractivity contribution in [3.8, 4) is 11.5 Å². The molecule has 2 unspecified atom stereocenters. The second-order valence-corrected chi connectivity index (χ2v) is 6.72. The lowest BCUT2D eigenvalue weighted by Crippen LogP contribution is -2.51. The second kappa shape index (κ2) is 8.59. The predicted octanol–water partition coefficient (Wildman–Crippen LogP) is 2.24. The Morgan fingerprint density at radius 1 is 1.37 bits per heavy atom. The SMILES string of the molecule is COc1ccc2c(c1)CC(C(=O)N1CCNCC1c1cccnc1)CO2.Cl. The number of methoxy groups -OCH3 is 1. The first kappa shape index (κ1) is 19.5. The molecule has 7 heteroatoms. The minimum absolute atomic E-state index is 0. The number of hydrogen-bond acceptors (Lipinski definition) is 5. The van der Waals surface area contributed by atoms with E-state index >= 15 is 0 Å². The van der Waals surface area contributed by atoms with Crippen LogP contribution in [0.4, 0.5) is 0 Å². The predicted molar refractivity (Wildman–Crippen MR) is 104 cm³/mol. The highest BCUT2D eigenvalue weighted by molar-refractivity contribution is 5.85. The molecule has 1 fully saturated rings. The Morgan fingerprint density at radius 2 is 2.26 bits per heavy atom. The lowest BCUT2D eigenvalue weighted by molar-refractivity contribution is -0.140. The Hall–Kier alpha value is -2.31. The molecule has 6 nitrogen and oxygen atoms in total. The van der Waals surface area contributed by atoms with Gasteiger partial charge in [-0.15, -0.1) is 12.4 Å². The van der Waals surface area contributed by atoms with Gasteiger partial charge in [0.05, 0.1) is 19.1 Å². The molecule has 4 rings (SSSR count). The van der Waals surface area contributed by atoms with Gasteiger partial charge >= 0.3 is 0 Å². The highest BCUT2D eigenvalue weighted by Gasteiger charge is 2.35. The molecule has 144 valence electrons. The van der Waals surface area contributed by atoms with Crippen LogP contribution in [0, 0.1) is 5.92 Å².